The molecule has 1 aliphatic rings. The van der Waals surface area contributed by atoms with Gasteiger partial charge >= 0.3 is 0 Å². The van der Waals surface area contributed by atoms with Crippen molar-refractivity contribution in [3.63, 3.8) is 0 Å². The Morgan fingerprint density at radius 2 is 1.75 bits per heavy atom. The molecule has 0 spiro atoms. The molecule has 1 fully saturated rings. The minimum absolute atomic E-state index is 0.0672. The van der Waals surface area contributed by atoms with Crippen molar-refractivity contribution in [3.05, 3.63) is 64.3 Å². The van der Waals surface area contributed by atoms with Crippen molar-refractivity contribution in [1.82, 2.24) is 0 Å². The zero-order valence-corrected chi connectivity index (χ0v) is 13.1. The molecule has 1 aliphatic carbocycles. The highest BCUT2D eigenvalue weighted by Crippen LogP contribution is 2.39. The summed E-state index contributed by atoms with van der Waals surface area (Å²) in [7, 11) is 0. The molecule has 122 valence electrons. The molecular formula is C20H17FO3. The summed E-state index contributed by atoms with van der Waals surface area (Å²) in [6, 6.07) is 10.5. The lowest BCUT2D eigenvalue weighted by atomic mass is 9.94. The second-order valence-corrected chi connectivity index (χ2v) is 6.34. The van der Waals surface area contributed by atoms with E-state index in [9.17, 15) is 14.3 Å². The van der Waals surface area contributed by atoms with E-state index in [0.717, 1.165) is 25.7 Å². The highest BCUT2D eigenvalue weighted by Gasteiger charge is 2.26. The summed E-state index contributed by atoms with van der Waals surface area (Å²) in [5.41, 5.74) is 1.44. The maximum atomic E-state index is 13.3. The van der Waals surface area contributed by atoms with Crippen molar-refractivity contribution >= 4 is 11.0 Å². The van der Waals surface area contributed by atoms with Crippen LogP contribution in [0.1, 0.15) is 37.4 Å². The zero-order chi connectivity index (χ0) is 16.7. The minimum Gasteiger partial charge on any atom is -0.508 e. The summed E-state index contributed by atoms with van der Waals surface area (Å²) in [5, 5.41) is 10.1. The number of hydrogen-bond donors (Lipinski definition) is 1. The summed E-state index contributed by atoms with van der Waals surface area (Å²) in [5.74, 6) is 0.570. The lowest BCUT2D eigenvalue weighted by molar-refractivity contribution is 0.466. The second kappa shape index (κ2) is 5.78. The highest BCUT2D eigenvalue weighted by atomic mass is 19.1. The third-order valence-electron chi connectivity index (χ3n) is 4.76. The topological polar surface area (TPSA) is 50.4 Å². The van der Waals surface area contributed by atoms with Crippen molar-refractivity contribution < 1.29 is 13.9 Å². The Labute approximate surface area is 138 Å². The van der Waals surface area contributed by atoms with Gasteiger partial charge < -0.3 is 9.52 Å². The van der Waals surface area contributed by atoms with E-state index in [1.807, 2.05) is 0 Å². The molecule has 2 aromatic carbocycles. The third kappa shape index (κ3) is 2.48. The summed E-state index contributed by atoms with van der Waals surface area (Å²) < 4.78 is 19.3. The normalized spacial score (nSPS) is 15.2. The summed E-state index contributed by atoms with van der Waals surface area (Å²) in [4.78, 5) is 13.1. The quantitative estimate of drug-likeness (QED) is 0.724. The Bertz CT molecular complexity index is 951. The van der Waals surface area contributed by atoms with E-state index in [-0.39, 0.29) is 22.9 Å². The maximum absolute atomic E-state index is 13.3. The lowest BCUT2D eigenvalue weighted by Crippen LogP contribution is -2.11. The van der Waals surface area contributed by atoms with Crippen LogP contribution in [0.15, 0.2) is 51.7 Å². The molecule has 4 rings (SSSR count). The predicted molar refractivity (Wildman–Crippen MR) is 90.8 cm³/mol. The molecule has 1 aromatic heterocycles. The number of aromatic hydroxyl groups is 1. The summed E-state index contributed by atoms with van der Waals surface area (Å²) in [6.45, 7) is 0. The smallest absolute Gasteiger partial charge is 0.200 e. The van der Waals surface area contributed by atoms with Crippen LogP contribution in [0, 0.1) is 5.82 Å². The average Bonchev–Trinajstić information content (AvgIpc) is 3.10. The van der Waals surface area contributed by atoms with Crippen molar-refractivity contribution in [1.29, 1.82) is 0 Å². The van der Waals surface area contributed by atoms with Gasteiger partial charge in [-0.25, -0.2) is 4.39 Å². The first-order chi connectivity index (χ1) is 11.6. The Hall–Kier alpha value is -2.62. The van der Waals surface area contributed by atoms with Gasteiger partial charge in [-0.05, 0) is 42.7 Å². The monoisotopic (exact) mass is 324 g/mol. The standard InChI is InChI=1S/C20H17FO3/c21-14-7-5-12(6-8-14)18-19(23)16-10-9-15(22)11-17(16)24-20(18)13-3-1-2-4-13/h5-11,13,22H,1-4H2. The van der Waals surface area contributed by atoms with Crippen LogP contribution in [0.25, 0.3) is 22.1 Å². The number of hydrogen-bond acceptors (Lipinski definition) is 3. The molecular weight excluding hydrogens is 307 g/mol. The Morgan fingerprint density at radius 1 is 1.04 bits per heavy atom. The highest BCUT2D eigenvalue weighted by molar-refractivity contribution is 5.84. The van der Waals surface area contributed by atoms with Crippen LogP contribution in [0.5, 0.6) is 5.75 Å². The van der Waals surface area contributed by atoms with Crippen molar-refractivity contribution in [3.8, 4) is 16.9 Å². The Morgan fingerprint density at radius 3 is 2.46 bits per heavy atom. The van der Waals surface area contributed by atoms with E-state index in [0.29, 0.717) is 27.9 Å². The Balaban J connectivity index is 2.03. The van der Waals surface area contributed by atoms with Crippen LogP contribution in [-0.2, 0) is 0 Å². The number of fused-ring (bicyclic) bond motifs is 1. The van der Waals surface area contributed by atoms with Crippen molar-refractivity contribution in [2.45, 2.75) is 31.6 Å². The SMILES string of the molecule is O=c1c(-c2ccc(F)cc2)c(C2CCCC2)oc2cc(O)ccc12. The third-order valence-corrected chi connectivity index (χ3v) is 4.76. The van der Waals surface area contributed by atoms with E-state index < -0.39 is 0 Å². The number of benzene rings is 2. The summed E-state index contributed by atoms with van der Waals surface area (Å²) >= 11 is 0. The molecule has 0 unspecified atom stereocenters. The Kier molecular flexibility index (Phi) is 3.60. The van der Waals surface area contributed by atoms with Crippen LogP contribution >= 0.6 is 0 Å². The van der Waals surface area contributed by atoms with E-state index in [2.05, 4.69) is 0 Å². The molecule has 0 saturated heterocycles. The molecule has 3 nitrogen and oxygen atoms in total. The molecule has 1 saturated carbocycles. The fourth-order valence-corrected chi connectivity index (χ4v) is 3.56. The zero-order valence-electron chi connectivity index (χ0n) is 13.1. The fraction of sp³-hybridized carbons (Fsp3) is 0.250. The molecule has 24 heavy (non-hydrogen) atoms. The van der Waals surface area contributed by atoms with E-state index >= 15 is 0 Å². The molecule has 0 amide bonds. The van der Waals surface area contributed by atoms with Gasteiger partial charge in [-0.3, -0.25) is 4.79 Å². The van der Waals surface area contributed by atoms with E-state index in [1.165, 1.54) is 24.3 Å². The molecule has 1 heterocycles. The fourth-order valence-electron chi connectivity index (χ4n) is 3.56. The number of rotatable bonds is 2. The van der Waals surface area contributed by atoms with Gasteiger partial charge in [0.05, 0.1) is 10.9 Å². The predicted octanol–water partition coefficient (Wildman–Crippen LogP) is 4.96. The summed E-state index contributed by atoms with van der Waals surface area (Å²) in [6.07, 6.45) is 4.16. The lowest BCUT2D eigenvalue weighted by Gasteiger charge is -2.15. The number of phenols is 1. The van der Waals surface area contributed by atoms with Crippen molar-refractivity contribution in [2.75, 3.05) is 0 Å². The van der Waals surface area contributed by atoms with Crippen molar-refractivity contribution in [2.24, 2.45) is 0 Å². The van der Waals surface area contributed by atoms with Crippen LogP contribution in [0.3, 0.4) is 0 Å². The van der Waals surface area contributed by atoms with Gasteiger partial charge in [-0.2, -0.15) is 0 Å². The number of phenolic OH excluding ortho intramolecular Hbond substituents is 1. The van der Waals surface area contributed by atoms with Gasteiger partial charge in [0.1, 0.15) is 22.9 Å². The first kappa shape index (κ1) is 14.9. The first-order valence-corrected chi connectivity index (χ1v) is 8.19. The molecule has 0 aliphatic heterocycles. The molecule has 3 aromatic rings. The molecule has 1 N–H and O–H groups in total. The largest absolute Gasteiger partial charge is 0.508 e. The average molecular weight is 324 g/mol. The van der Waals surface area contributed by atoms with Crippen LogP contribution < -0.4 is 5.43 Å². The molecule has 0 bridgehead atoms. The van der Waals surface area contributed by atoms with Gasteiger partial charge in [0.15, 0.2) is 0 Å². The van der Waals surface area contributed by atoms with Gasteiger partial charge in [-0.1, -0.05) is 25.0 Å². The van der Waals surface area contributed by atoms with Gasteiger partial charge in [-0.15, -0.1) is 0 Å². The molecule has 0 radical (unpaired) electrons. The number of halogens is 1. The van der Waals surface area contributed by atoms with Gasteiger partial charge in [0, 0.05) is 12.0 Å². The van der Waals surface area contributed by atoms with Crippen LogP contribution in [0.2, 0.25) is 0 Å². The van der Waals surface area contributed by atoms with Crippen LogP contribution in [0.4, 0.5) is 4.39 Å². The van der Waals surface area contributed by atoms with Crippen LogP contribution in [-0.4, -0.2) is 5.11 Å². The van der Waals surface area contributed by atoms with Gasteiger partial charge in [0.2, 0.25) is 5.43 Å². The molecule has 4 heteroatoms. The first-order valence-electron chi connectivity index (χ1n) is 8.19. The second-order valence-electron chi connectivity index (χ2n) is 6.34. The van der Waals surface area contributed by atoms with E-state index in [1.54, 1.807) is 18.2 Å². The van der Waals surface area contributed by atoms with Gasteiger partial charge in [0.25, 0.3) is 0 Å². The van der Waals surface area contributed by atoms with E-state index in [4.69, 9.17) is 4.42 Å². The molecule has 0 atom stereocenters. The maximum Gasteiger partial charge on any atom is 0.200 e. The minimum atomic E-state index is -0.337.